The van der Waals surface area contributed by atoms with Crippen molar-refractivity contribution >= 4 is 23.2 Å². The number of carbonyl (C=O) groups excluding carboxylic acids is 1. The Kier molecular flexibility index (Phi) is 5.65. The second-order valence-corrected chi connectivity index (χ2v) is 12.8. The lowest BCUT2D eigenvalue weighted by Gasteiger charge is -2.68. The van der Waals surface area contributed by atoms with Gasteiger partial charge in [0, 0.05) is 60.5 Å². The molecule has 1 aromatic carbocycles. The van der Waals surface area contributed by atoms with Gasteiger partial charge in [0.15, 0.2) is 5.65 Å². The van der Waals surface area contributed by atoms with Crippen LogP contribution in [0.3, 0.4) is 0 Å². The zero-order chi connectivity index (χ0) is 27.0. The molecule has 3 N–H and O–H groups in total. The Bertz CT molecular complexity index is 1480. The summed E-state index contributed by atoms with van der Waals surface area (Å²) in [6, 6.07) is 9.34. The smallest absolute Gasteiger partial charge is 0.251 e. The molecule has 8 rings (SSSR count). The van der Waals surface area contributed by atoms with Crippen LogP contribution in [-0.4, -0.2) is 69.6 Å². The number of aromatic nitrogens is 3. The SMILES string of the molecule is Cc1cc(-c2cnn3c(NCC4CCOCC4)cc(N4C5CCC56CC(O)CC46)nc23)ccc1C(=O)NC1CC1. The van der Waals surface area contributed by atoms with Crippen LogP contribution in [0.25, 0.3) is 16.8 Å². The van der Waals surface area contributed by atoms with E-state index in [2.05, 4.69) is 27.7 Å². The third-order valence-electron chi connectivity index (χ3n) is 10.3. The molecule has 1 spiro atoms. The summed E-state index contributed by atoms with van der Waals surface area (Å²) in [5.41, 5.74) is 4.73. The van der Waals surface area contributed by atoms with Crippen molar-refractivity contribution in [1.29, 1.82) is 0 Å². The van der Waals surface area contributed by atoms with Crippen molar-refractivity contribution in [3.63, 3.8) is 0 Å². The highest BCUT2D eigenvalue weighted by Crippen LogP contribution is 2.66. The van der Waals surface area contributed by atoms with Crippen LogP contribution in [0, 0.1) is 18.3 Å². The molecule has 0 radical (unpaired) electrons. The number of carbonyl (C=O) groups is 1. The number of piperidine rings is 1. The molecule has 1 amide bonds. The van der Waals surface area contributed by atoms with Crippen molar-refractivity contribution in [2.24, 2.45) is 11.3 Å². The summed E-state index contributed by atoms with van der Waals surface area (Å²) >= 11 is 0. The fraction of sp³-hybridized carbons (Fsp3) is 0.581. The number of nitrogens with zero attached hydrogens (tertiary/aromatic N) is 4. The first-order valence-corrected chi connectivity index (χ1v) is 15.1. The molecule has 9 heteroatoms. The van der Waals surface area contributed by atoms with E-state index < -0.39 is 0 Å². The van der Waals surface area contributed by atoms with Crippen molar-refractivity contribution in [2.75, 3.05) is 30.0 Å². The zero-order valence-electron chi connectivity index (χ0n) is 23.1. The fourth-order valence-electron chi connectivity index (χ4n) is 7.87. The van der Waals surface area contributed by atoms with Crippen LogP contribution >= 0.6 is 0 Å². The largest absolute Gasteiger partial charge is 0.393 e. The van der Waals surface area contributed by atoms with Gasteiger partial charge in [0.25, 0.3) is 5.91 Å². The standard InChI is InChI=1S/C31H38N6O3/c1-18-12-20(2-5-23(18)30(39)34-21-3-4-21)24-17-33-37-27(32-16-19-7-10-40-11-8-19)14-28(35-29(24)37)36-25-6-9-31(25)15-22(38)13-26(31)36/h2,5,12,14,17,19,21-22,25-26,32,38H,3-4,6-11,13,15-16H2,1H3,(H,34,39). The lowest BCUT2D eigenvalue weighted by atomic mass is 9.53. The predicted molar refractivity (Wildman–Crippen MR) is 153 cm³/mol. The second-order valence-electron chi connectivity index (χ2n) is 12.8. The number of hydrogen-bond donors (Lipinski definition) is 3. The number of ether oxygens (including phenoxy) is 1. The minimum Gasteiger partial charge on any atom is -0.393 e. The van der Waals surface area contributed by atoms with Crippen LogP contribution in [0.2, 0.25) is 0 Å². The molecule has 9 nitrogen and oxygen atoms in total. The number of fused-ring (bicyclic) bond motifs is 1. The van der Waals surface area contributed by atoms with Gasteiger partial charge < -0.3 is 25.4 Å². The number of hydrogen-bond acceptors (Lipinski definition) is 7. The first kappa shape index (κ1) is 24.6. The van der Waals surface area contributed by atoms with Gasteiger partial charge in [-0.15, -0.1) is 0 Å². The summed E-state index contributed by atoms with van der Waals surface area (Å²) in [4.78, 5) is 20.4. The van der Waals surface area contributed by atoms with Crippen molar-refractivity contribution in [2.45, 2.75) is 82.5 Å². The molecular formula is C31H38N6O3. The minimum atomic E-state index is -0.211. The quantitative estimate of drug-likeness (QED) is 0.416. The summed E-state index contributed by atoms with van der Waals surface area (Å²) in [5.74, 6) is 2.50. The van der Waals surface area contributed by atoms with E-state index in [0.29, 0.717) is 24.0 Å². The van der Waals surface area contributed by atoms with Gasteiger partial charge in [-0.05, 0) is 81.4 Å². The lowest BCUT2D eigenvalue weighted by Crippen LogP contribution is -2.75. The van der Waals surface area contributed by atoms with Crippen LogP contribution in [0.15, 0.2) is 30.5 Å². The van der Waals surface area contributed by atoms with Gasteiger partial charge in [-0.25, -0.2) is 4.98 Å². The van der Waals surface area contributed by atoms with E-state index in [4.69, 9.17) is 14.8 Å². The third-order valence-corrected chi connectivity index (χ3v) is 10.3. The summed E-state index contributed by atoms with van der Waals surface area (Å²) in [6.45, 7) is 4.52. The van der Waals surface area contributed by atoms with Gasteiger partial charge >= 0.3 is 0 Å². The number of aliphatic hydroxyl groups is 1. The Morgan fingerprint density at radius 1 is 1.15 bits per heavy atom. The van der Waals surface area contributed by atoms with Crippen LogP contribution in [0.1, 0.15) is 67.3 Å². The third kappa shape index (κ3) is 3.84. The number of anilines is 2. The number of nitrogens with one attached hydrogen (secondary N) is 2. The van der Waals surface area contributed by atoms with Gasteiger partial charge in [-0.3, -0.25) is 4.79 Å². The van der Waals surface area contributed by atoms with E-state index in [-0.39, 0.29) is 17.4 Å². The number of aliphatic hydroxyl groups excluding tert-OH is 1. The average molecular weight is 543 g/mol. The van der Waals surface area contributed by atoms with Crippen LogP contribution in [0.4, 0.5) is 11.6 Å². The molecule has 5 aliphatic rings. The Labute approximate surface area is 234 Å². The van der Waals surface area contributed by atoms with E-state index in [9.17, 15) is 9.90 Å². The monoisotopic (exact) mass is 542 g/mol. The average Bonchev–Trinajstić information content (AvgIpc) is 3.55. The molecule has 4 atom stereocenters. The van der Waals surface area contributed by atoms with E-state index >= 15 is 0 Å². The van der Waals surface area contributed by atoms with Crippen LogP contribution < -0.4 is 15.5 Å². The van der Waals surface area contributed by atoms with E-state index in [0.717, 1.165) is 104 Å². The molecule has 5 fully saturated rings. The number of amides is 1. The maximum absolute atomic E-state index is 12.7. The molecule has 2 aliphatic heterocycles. The van der Waals surface area contributed by atoms with Gasteiger partial charge in [0.2, 0.25) is 0 Å². The molecule has 0 bridgehead atoms. The van der Waals surface area contributed by atoms with Gasteiger partial charge in [-0.2, -0.15) is 9.61 Å². The molecule has 210 valence electrons. The van der Waals surface area contributed by atoms with Gasteiger partial charge in [0.1, 0.15) is 11.6 Å². The van der Waals surface area contributed by atoms with E-state index in [1.165, 1.54) is 6.42 Å². The fourth-order valence-corrected chi connectivity index (χ4v) is 7.87. The molecular weight excluding hydrogens is 504 g/mol. The second kappa shape index (κ2) is 9.17. The molecule has 3 aromatic rings. The summed E-state index contributed by atoms with van der Waals surface area (Å²) in [7, 11) is 0. The van der Waals surface area contributed by atoms with E-state index in [1.807, 2.05) is 29.8 Å². The normalized spacial score (nSPS) is 29.4. The summed E-state index contributed by atoms with van der Waals surface area (Å²) < 4.78 is 7.50. The van der Waals surface area contributed by atoms with E-state index in [1.54, 1.807) is 0 Å². The maximum Gasteiger partial charge on any atom is 0.251 e. The Hall–Kier alpha value is -3.17. The van der Waals surface area contributed by atoms with Gasteiger partial charge in [0.05, 0.1) is 12.3 Å². The van der Waals surface area contributed by atoms with Crippen LogP contribution in [0.5, 0.6) is 0 Å². The van der Waals surface area contributed by atoms with Crippen molar-refractivity contribution in [1.82, 2.24) is 19.9 Å². The molecule has 3 aliphatic carbocycles. The maximum atomic E-state index is 12.7. The Morgan fingerprint density at radius 3 is 2.75 bits per heavy atom. The number of rotatable bonds is 7. The van der Waals surface area contributed by atoms with Gasteiger partial charge in [-0.1, -0.05) is 12.1 Å². The highest BCUT2D eigenvalue weighted by atomic mass is 16.5. The van der Waals surface area contributed by atoms with Crippen molar-refractivity contribution in [3.05, 3.63) is 41.6 Å². The molecule has 2 aromatic heterocycles. The first-order valence-electron chi connectivity index (χ1n) is 15.1. The Balaban J connectivity index is 1.16. The topological polar surface area (TPSA) is 104 Å². The molecule has 2 saturated heterocycles. The number of benzene rings is 1. The zero-order valence-corrected chi connectivity index (χ0v) is 23.1. The summed E-state index contributed by atoms with van der Waals surface area (Å²) in [6.07, 6.45) is 10.1. The summed E-state index contributed by atoms with van der Waals surface area (Å²) in [5, 5.41) is 22.1. The molecule has 4 unspecified atom stereocenters. The molecule has 4 heterocycles. The Morgan fingerprint density at radius 2 is 2.00 bits per heavy atom. The predicted octanol–water partition coefficient (Wildman–Crippen LogP) is 3.93. The van der Waals surface area contributed by atoms with Crippen molar-refractivity contribution in [3.8, 4) is 11.1 Å². The lowest BCUT2D eigenvalue weighted by molar-refractivity contribution is -0.0210. The van der Waals surface area contributed by atoms with Crippen LogP contribution in [-0.2, 0) is 4.74 Å². The highest BCUT2D eigenvalue weighted by molar-refractivity contribution is 5.97. The van der Waals surface area contributed by atoms with Crippen molar-refractivity contribution < 1.29 is 14.6 Å². The number of aryl methyl sites for hydroxylation is 1. The molecule has 3 saturated carbocycles. The first-order chi connectivity index (χ1) is 19.5. The molecule has 40 heavy (non-hydrogen) atoms. The highest BCUT2D eigenvalue weighted by Gasteiger charge is 2.69. The minimum absolute atomic E-state index is 0.00643.